The van der Waals surface area contributed by atoms with Gasteiger partial charge in [0.05, 0.1) is 0 Å². The Hall–Kier alpha value is -3.04. The Kier molecular flexibility index (Phi) is 5.72. The molecule has 2 heterocycles. The predicted molar refractivity (Wildman–Crippen MR) is 107 cm³/mol. The number of rotatable bonds is 4. The summed E-state index contributed by atoms with van der Waals surface area (Å²) in [5, 5.41) is 18.1. The van der Waals surface area contributed by atoms with E-state index < -0.39 is 0 Å². The zero-order valence-electron chi connectivity index (χ0n) is 15.2. The van der Waals surface area contributed by atoms with Crippen molar-refractivity contribution in [2.75, 3.05) is 18.0 Å². The third-order valence-electron chi connectivity index (χ3n) is 4.89. The van der Waals surface area contributed by atoms with Gasteiger partial charge in [-0.2, -0.15) is 10.5 Å². The highest BCUT2D eigenvalue weighted by Gasteiger charge is 2.23. The number of benzene rings is 1. The maximum absolute atomic E-state index is 9.03. The van der Waals surface area contributed by atoms with Crippen LogP contribution in [0.15, 0.2) is 53.7 Å². The van der Waals surface area contributed by atoms with Crippen LogP contribution in [0.25, 0.3) is 6.08 Å². The van der Waals surface area contributed by atoms with E-state index in [1.165, 1.54) is 48.3 Å². The average Bonchev–Trinajstić information content (AvgIpc) is 2.66. The molecular weight excluding hydrogens is 318 g/mol. The number of allylic oxidation sites excluding steroid dienone is 7. The van der Waals surface area contributed by atoms with Gasteiger partial charge < -0.3 is 4.90 Å². The Labute approximate surface area is 155 Å². The van der Waals surface area contributed by atoms with Gasteiger partial charge in [0.2, 0.25) is 0 Å². The van der Waals surface area contributed by atoms with E-state index in [9.17, 15) is 0 Å². The fraction of sp³-hybridized carbons (Fsp3) is 0.304. The van der Waals surface area contributed by atoms with E-state index in [2.05, 4.69) is 23.1 Å². The summed E-state index contributed by atoms with van der Waals surface area (Å²) in [6.07, 6.45) is 16.2. The molecule has 0 bridgehead atoms. The molecule has 26 heavy (non-hydrogen) atoms. The monoisotopic (exact) mass is 341 g/mol. The number of nitriles is 2. The van der Waals surface area contributed by atoms with Crippen LogP contribution in [-0.2, 0) is 12.8 Å². The zero-order chi connectivity index (χ0) is 18.4. The van der Waals surface area contributed by atoms with Crippen molar-refractivity contribution >= 4 is 11.8 Å². The van der Waals surface area contributed by atoms with Gasteiger partial charge in [-0.25, -0.2) is 0 Å². The first-order chi connectivity index (χ1) is 12.8. The van der Waals surface area contributed by atoms with E-state index >= 15 is 0 Å². The van der Waals surface area contributed by atoms with Crippen molar-refractivity contribution in [1.82, 2.24) is 0 Å². The SMILES string of the molecule is CC=CC(C=C/C=C/c1cc2c3c(c1)CCCN3CCC2)=C(C#N)C#N. The first-order valence-corrected chi connectivity index (χ1v) is 9.19. The maximum Gasteiger partial charge on any atom is 0.136 e. The van der Waals surface area contributed by atoms with E-state index in [0.29, 0.717) is 5.57 Å². The highest BCUT2D eigenvalue weighted by molar-refractivity contribution is 5.68. The molecule has 2 aliphatic rings. The van der Waals surface area contributed by atoms with Gasteiger partial charge in [-0.1, -0.05) is 36.5 Å². The van der Waals surface area contributed by atoms with Crippen molar-refractivity contribution in [3.63, 3.8) is 0 Å². The van der Waals surface area contributed by atoms with Gasteiger partial charge in [0.25, 0.3) is 0 Å². The van der Waals surface area contributed by atoms with E-state index in [1.54, 1.807) is 6.08 Å². The molecule has 0 spiro atoms. The second-order valence-corrected chi connectivity index (χ2v) is 6.65. The standard InChI is InChI=1S/C23H23N3/c1-2-7-19(22(16-24)17-25)9-4-3-8-18-14-20-10-5-12-26-13-6-11-21(15-18)23(20)26/h2-4,7-9,14-15H,5-6,10-13H2,1H3/b7-2?,8-3+,9-4?. The summed E-state index contributed by atoms with van der Waals surface area (Å²) in [5.74, 6) is 0. The molecule has 2 aliphatic heterocycles. The number of hydrogen-bond acceptors (Lipinski definition) is 3. The minimum absolute atomic E-state index is 0.131. The van der Waals surface area contributed by atoms with Crippen LogP contribution in [0.1, 0.15) is 36.5 Å². The van der Waals surface area contributed by atoms with Gasteiger partial charge in [0.15, 0.2) is 0 Å². The average molecular weight is 341 g/mol. The van der Waals surface area contributed by atoms with Crippen molar-refractivity contribution in [2.45, 2.75) is 32.6 Å². The quantitative estimate of drug-likeness (QED) is 0.579. The summed E-state index contributed by atoms with van der Waals surface area (Å²) < 4.78 is 0. The second-order valence-electron chi connectivity index (χ2n) is 6.65. The molecule has 0 amide bonds. The minimum atomic E-state index is 0.131. The Morgan fingerprint density at radius 2 is 1.65 bits per heavy atom. The topological polar surface area (TPSA) is 50.8 Å². The molecule has 3 nitrogen and oxygen atoms in total. The van der Waals surface area contributed by atoms with Gasteiger partial charge in [-0.3, -0.25) is 0 Å². The summed E-state index contributed by atoms with van der Waals surface area (Å²) in [6, 6.07) is 8.49. The minimum Gasteiger partial charge on any atom is -0.371 e. The molecule has 0 aliphatic carbocycles. The molecule has 1 aromatic carbocycles. The zero-order valence-corrected chi connectivity index (χ0v) is 15.2. The van der Waals surface area contributed by atoms with Crippen LogP contribution in [0.2, 0.25) is 0 Å². The molecule has 0 saturated carbocycles. The molecule has 0 saturated heterocycles. The molecule has 0 fully saturated rings. The first-order valence-electron chi connectivity index (χ1n) is 9.19. The van der Waals surface area contributed by atoms with Crippen LogP contribution in [0.4, 0.5) is 5.69 Å². The van der Waals surface area contributed by atoms with Crippen molar-refractivity contribution in [3.05, 3.63) is 70.3 Å². The van der Waals surface area contributed by atoms with Crippen molar-refractivity contribution in [1.29, 1.82) is 10.5 Å². The third kappa shape index (κ3) is 3.79. The van der Waals surface area contributed by atoms with Gasteiger partial charge in [0.1, 0.15) is 17.7 Å². The van der Waals surface area contributed by atoms with E-state index in [-0.39, 0.29) is 5.57 Å². The fourth-order valence-electron chi connectivity index (χ4n) is 3.81. The van der Waals surface area contributed by atoms with Crippen LogP contribution in [-0.4, -0.2) is 13.1 Å². The predicted octanol–water partition coefficient (Wildman–Crippen LogP) is 4.87. The van der Waals surface area contributed by atoms with Gasteiger partial charge in [-0.05, 0) is 61.4 Å². The normalized spacial score (nSPS) is 15.9. The van der Waals surface area contributed by atoms with Crippen LogP contribution in [0.3, 0.4) is 0 Å². The lowest BCUT2D eigenvalue weighted by Crippen LogP contribution is -2.34. The highest BCUT2D eigenvalue weighted by atomic mass is 15.1. The number of aryl methyl sites for hydroxylation is 2. The molecular formula is C23H23N3. The third-order valence-corrected chi connectivity index (χ3v) is 4.89. The molecule has 0 radical (unpaired) electrons. The summed E-state index contributed by atoms with van der Waals surface area (Å²) in [6.45, 7) is 4.26. The Bertz CT molecular complexity index is 838. The Balaban J connectivity index is 1.83. The van der Waals surface area contributed by atoms with Crippen molar-refractivity contribution in [2.24, 2.45) is 0 Å². The van der Waals surface area contributed by atoms with Crippen molar-refractivity contribution in [3.8, 4) is 12.1 Å². The highest BCUT2D eigenvalue weighted by Crippen LogP contribution is 2.36. The van der Waals surface area contributed by atoms with E-state index in [0.717, 1.165) is 12.8 Å². The summed E-state index contributed by atoms with van der Waals surface area (Å²) in [4.78, 5) is 2.55. The molecule has 1 aromatic rings. The molecule has 0 N–H and O–H groups in total. The number of nitrogens with zero attached hydrogens (tertiary/aromatic N) is 3. The van der Waals surface area contributed by atoms with Crippen LogP contribution < -0.4 is 4.90 Å². The lowest BCUT2D eigenvalue weighted by Gasteiger charge is -2.37. The summed E-state index contributed by atoms with van der Waals surface area (Å²) in [5.41, 5.74) is 6.43. The summed E-state index contributed by atoms with van der Waals surface area (Å²) in [7, 11) is 0. The van der Waals surface area contributed by atoms with E-state index in [1.807, 2.05) is 43.4 Å². The second kappa shape index (κ2) is 8.37. The van der Waals surface area contributed by atoms with Crippen molar-refractivity contribution < 1.29 is 0 Å². The van der Waals surface area contributed by atoms with Gasteiger partial charge in [-0.15, -0.1) is 0 Å². The lowest BCUT2D eigenvalue weighted by atomic mass is 9.90. The van der Waals surface area contributed by atoms with Crippen LogP contribution in [0, 0.1) is 22.7 Å². The molecule has 0 unspecified atom stereocenters. The largest absolute Gasteiger partial charge is 0.371 e. The molecule has 3 rings (SSSR count). The first kappa shape index (κ1) is 17.8. The Morgan fingerprint density at radius 3 is 2.23 bits per heavy atom. The van der Waals surface area contributed by atoms with Gasteiger partial charge in [0, 0.05) is 24.4 Å². The van der Waals surface area contributed by atoms with Crippen LogP contribution in [0.5, 0.6) is 0 Å². The fourth-order valence-corrected chi connectivity index (χ4v) is 3.81. The van der Waals surface area contributed by atoms with E-state index in [4.69, 9.17) is 10.5 Å². The molecule has 3 heteroatoms. The summed E-state index contributed by atoms with van der Waals surface area (Å²) >= 11 is 0. The number of hydrogen-bond donors (Lipinski definition) is 0. The van der Waals surface area contributed by atoms with Gasteiger partial charge >= 0.3 is 0 Å². The smallest absolute Gasteiger partial charge is 0.136 e. The lowest BCUT2D eigenvalue weighted by molar-refractivity contribution is 0.634. The molecule has 0 aromatic heterocycles. The molecule has 0 atom stereocenters. The van der Waals surface area contributed by atoms with Crippen LogP contribution >= 0.6 is 0 Å². The number of anilines is 1. The maximum atomic E-state index is 9.03. The molecule has 130 valence electrons. The Morgan fingerprint density at radius 1 is 1.00 bits per heavy atom.